The third-order valence-corrected chi connectivity index (χ3v) is 8.84. The molecule has 1 fully saturated rings. The van der Waals surface area contributed by atoms with Crippen molar-refractivity contribution in [3.05, 3.63) is 81.9 Å². The van der Waals surface area contributed by atoms with Crippen molar-refractivity contribution < 1.29 is 49.0 Å². The van der Waals surface area contributed by atoms with Gasteiger partial charge >= 0.3 is 5.69 Å². The fourth-order valence-corrected chi connectivity index (χ4v) is 5.92. The SMILES string of the molecule is C[C@@H](O)[C@H](NC(=O)[C@H](CO)NC(=O)c1ccccc1N)C(=O)N1CCC[C@H]1C(=O)N[C@@H](Cc1cnc[nH]1)C(=O)N[C@@H](Cc1ccc(O)c([N+](=O)[O-])c1)C(N)=O. The molecule has 1 saturated heterocycles. The summed E-state index contributed by atoms with van der Waals surface area (Å²) < 4.78 is 0. The number of nitrogens with one attached hydrogen (secondary N) is 5. The van der Waals surface area contributed by atoms with Gasteiger partial charge in [0.1, 0.15) is 30.2 Å². The van der Waals surface area contributed by atoms with Gasteiger partial charge in [0.25, 0.3) is 5.91 Å². The van der Waals surface area contributed by atoms with Crippen LogP contribution >= 0.6 is 0 Å². The minimum Gasteiger partial charge on any atom is -0.502 e. The minimum atomic E-state index is -1.62. The first kappa shape index (κ1) is 41.2. The van der Waals surface area contributed by atoms with E-state index in [2.05, 4.69) is 31.2 Å². The first-order valence-corrected chi connectivity index (χ1v) is 17.0. The van der Waals surface area contributed by atoms with E-state index in [4.69, 9.17) is 11.5 Å². The number of aromatic hydroxyl groups is 1. The average Bonchev–Trinajstić information content (AvgIpc) is 3.85. The fourth-order valence-electron chi connectivity index (χ4n) is 5.92. The Morgan fingerprint density at radius 2 is 1.73 bits per heavy atom. The summed E-state index contributed by atoms with van der Waals surface area (Å²) in [6.45, 7) is 0.385. The average molecular weight is 767 g/mol. The number of imidazole rings is 1. The molecule has 0 saturated carbocycles. The number of para-hydroxylation sites is 1. The molecule has 2 heterocycles. The summed E-state index contributed by atoms with van der Waals surface area (Å²) in [4.78, 5) is 97.8. The van der Waals surface area contributed by atoms with Crippen LogP contribution in [0.2, 0.25) is 0 Å². The van der Waals surface area contributed by atoms with Crippen LogP contribution in [-0.4, -0.2) is 120 Å². The lowest BCUT2D eigenvalue weighted by molar-refractivity contribution is -0.385. The molecule has 21 nitrogen and oxygen atoms in total. The first-order chi connectivity index (χ1) is 26.1. The highest BCUT2D eigenvalue weighted by atomic mass is 16.6. The highest BCUT2D eigenvalue weighted by Gasteiger charge is 2.41. The molecular formula is C34H42N10O11. The van der Waals surface area contributed by atoms with Gasteiger partial charge in [0, 0.05) is 43.0 Å². The molecule has 294 valence electrons. The number of nitrogen functional groups attached to an aromatic ring is 1. The topological polar surface area (TPSA) is 338 Å². The van der Waals surface area contributed by atoms with Crippen LogP contribution < -0.4 is 32.7 Å². The number of nitrogens with two attached hydrogens (primary N) is 2. The molecule has 6 amide bonds. The Morgan fingerprint density at radius 1 is 1.02 bits per heavy atom. The number of nitro groups is 1. The van der Waals surface area contributed by atoms with Crippen molar-refractivity contribution >= 4 is 46.8 Å². The Labute approximate surface area is 313 Å². The van der Waals surface area contributed by atoms with E-state index >= 15 is 0 Å². The normalized spacial score (nSPS) is 16.5. The van der Waals surface area contributed by atoms with Crippen LogP contribution in [0, 0.1) is 10.1 Å². The summed E-state index contributed by atoms with van der Waals surface area (Å²) in [7, 11) is 0. The van der Waals surface area contributed by atoms with Crippen LogP contribution in [-0.2, 0) is 36.8 Å². The molecule has 1 aliphatic rings. The Morgan fingerprint density at radius 3 is 2.35 bits per heavy atom. The van der Waals surface area contributed by atoms with Gasteiger partial charge in [-0.2, -0.15) is 0 Å². The molecule has 12 N–H and O–H groups in total. The van der Waals surface area contributed by atoms with E-state index in [1.54, 1.807) is 12.1 Å². The lowest BCUT2D eigenvalue weighted by Gasteiger charge is -2.31. The predicted octanol–water partition coefficient (Wildman–Crippen LogP) is -2.51. The zero-order valence-electron chi connectivity index (χ0n) is 29.5. The molecule has 1 aliphatic heterocycles. The molecule has 0 radical (unpaired) electrons. The summed E-state index contributed by atoms with van der Waals surface area (Å²) in [5.74, 6) is -5.91. The van der Waals surface area contributed by atoms with Crippen LogP contribution in [0.1, 0.15) is 41.4 Å². The lowest BCUT2D eigenvalue weighted by atomic mass is 10.0. The zero-order chi connectivity index (χ0) is 40.4. The van der Waals surface area contributed by atoms with Crippen molar-refractivity contribution in [1.29, 1.82) is 0 Å². The number of aliphatic hydroxyl groups excluding tert-OH is 2. The van der Waals surface area contributed by atoms with Crippen molar-refractivity contribution in [1.82, 2.24) is 36.1 Å². The van der Waals surface area contributed by atoms with Gasteiger partial charge in [0.15, 0.2) is 5.75 Å². The number of carbonyl (C=O) groups excluding carboxylic acids is 6. The minimum absolute atomic E-state index is 0.0311. The van der Waals surface area contributed by atoms with E-state index in [1.165, 1.54) is 37.6 Å². The van der Waals surface area contributed by atoms with Crippen LogP contribution in [0.4, 0.5) is 11.4 Å². The van der Waals surface area contributed by atoms with E-state index < -0.39 is 94.7 Å². The van der Waals surface area contributed by atoms with Gasteiger partial charge in [-0.25, -0.2) is 4.98 Å². The monoisotopic (exact) mass is 766 g/mol. The maximum Gasteiger partial charge on any atom is 0.310 e. The summed E-state index contributed by atoms with van der Waals surface area (Å²) in [5, 5.41) is 51.2. The van der Waals surface area contributed by atoms with Gasteiger partial charge in [-0.15, -0.1) is 0 Å². The summed E-state index contributed by atoms with van der Waals surface area (Å²) in [6, 6.07) is 2.28. The fraction of sp³-hybridized carbons (Fsp3) is 0.382. The Hall–Kier alpha value is -6.61. The summed E-state index contributed by atoms with van der Waals surface area (Å²) >= 11 is 0. The number of anilines is 1. The Kier molecular flexibility index (Phi) is 13.8. The van der Waals surface area contributed by atoms with Gasteiger partial charge in [-0.05, 0) is 43.5 Å². The van der Waals surface area contributed by atoms with Crippen molar-refractivity contribution in [2.24, 2.45) is 5.73 Å². The van der Waals surface area contributed by atoms with Crippen molar-refractivity contribution in [3.8, 4) is 5.75 Å². The predicted molar refractivity (Wildman–Crippen MR) is 191 cm³/mol. The van der Waals surface area contributed by atoms with Crippen molar-refractivity contribution in [2.45, 2.75) is 68.9 Å². The highest BCUT2D eigenvalue weighted by molar-refractivity contribution is 6.02. The number of hydrogen-bond donors (Lipinski definition) is 10. The molecule has 55 heavy (non-hydrogen) atoms. The molecular weight excluding hydrogens is 724 g/mol. The van der Waals surface area contributed by atoms with Crippen LogP contribution in [0.15, 0.2) is 55.0 Å². The van der Waals surface area contributed by atoms with Crippen LogP contribution in [0.25, 0.3) is 0 Å². The van der Waals surface area contributed by atoms with Gasteiger partial charge in [-0.3, -0.25) is 38.9 Å². The number of amides is 6. The lowest BCUT2D eigenvalue weighted by Crippen LogP contribution is -2.61. The highest BCUT2D eigenvalue weighted by Crippen LogP contribution is 2.27. The maximum atomic E-state index is 13.8. The molecule has 1 aromatic heterocycles. The van der Waals surface area contributed by atoms with Crippen molar-refractivity contribution in [3.63, 3.8) is 0 Å². The zero-order valence-corrected chi connectivity index (χ0v) is 29.5. The van der Waals surface area contributed by atoms with E-state index in [9.17, 15) is 54.2 Å². The smallest absolute Gasteiger partial charge is 0.310 e. The Balaban J connectivity index is 1.48. The largest absolute Gasteiger partial charge is 0.502 e. The summed E-state index contributed by atoms with van der Waals surface area (Å²) in [6.07, 6.45) is 1.23. The van der Waals surface area contributed by atoms with E-state index in [0.717, 1.165) is 17.0 Å². The van der Waals surface area contributed by atoms with Crippen LogP contribution in [0.5, 0.6) is 5.75 Å². The number of benzene rings is 2. The number of rotatable bonds is 17. The summed E-state index contributed by atoms with van der Waals surface area (Å²) in [5.41, 5.74) is 11.5. The second kappa shape index (κ2) is 18.4. The molecule has 0 spiro atoms. The number of H-pyrrole nitrogens is 1. The van der Waals surface area contributed by atoms with Gasteiger partial charge in [0.2, 0.25) is 29.5 Å². The molecule has 21 heteroatoms. The molecule has 0 aliphatic carbocycles. The number of nitrogens with zero attached hydrogens (tertiary/aromatic N) is 3. The number of carbonyl (C=O) groups is 6. The number of phenolic OH excluding ortho intramolecular Hbond substituents is 1. The number of aromatic amines is 1. The van der Waals surface area contributed by atoms with Gasteiger partial charge in [-0.1, -0.05) is 18.2 Å². The third kappa shape index (κ3) is 10.5. The van der Waals surface area contributed by atoms with Crippen molar-refractivity contribution in [2.75, 3.05) is 18.9 Å². The molecule has 6 atom stereocenters. The molecule has 4 rings (SSSR count). The first-order valence-electron chi connectivity index (χ1n) is 17.0. The molecule has 3 aromatic rings. The number of aromatic nitrogens is 2. The maximum absolute atomic E-state index is 13.8. The Bertz CT molecular complexity index is 1910. The second-order valence-electron chi connectivity index (χ2n) is 12.8. The number of nitro benzene ring substituents is 1. The second-order valence-corrected chi connectivity index (χ2v) is 12.8. The van der Waals surface area contributed by atoms with E-state index in [0.29, 0.717) is 12.1 Å². The number of likely N-dealkylation sites (tertiary alicyclic amines) is 1. The van der Waals surface area contributed by atoms with E-state index in [1.807, 2.05) is 0 Å². The number of phenols is 1. The number of hydrogen-bond acceptors (Lipinski definition) is 13. The number of aliphatic hydroxyl groups is 2. The van der Waals surface area contributed by atoms with Gasteiger partial charge in [0.05, 0.1) is 29.5 Å². The van der Waals surface area contributed by atoms with E-state index in [-0.39, 0.29) is 42.6 Å². The number of primary amides is 1. The standard InChI is InChI=1S/C34H42N10O11/c1-17(46)28(42-32(51)24(15-45)41-30(49)20-5-2-3-6-21(20)35)34(53)43-10-4-7-25(43)33(52)40-23(13-19-14-37-16-38-19)31(50)39-22(29(36)48)11-18-8-9-27(47)26(12-18)44(54)55/h2-3,5-6,8-9,12,14,16-17,22-25,28,45-47H,4,7,10-11,13,15,35H2,1H3,(H2,36,48)(H,37,38)(H,39,50)(H,40,52)(H,41,49)(H,42,51)/t17-,22+,23+,24+,25+,28+/m1/s1. The molecule has 0 bridgehead atoms. The van der Waals surface area contributed by atoms with Crippen LogP contribution in [0.3, 0.4) is 0 Å². The van der Waals surface area contributed by atoms with Gasteiger partial charge < -0.3 is 57.9 Å². The molecule has 0 unspecified atom stereocenters. The third-order valence-electron chi connectivity index (χ3n) is 8.84. The quantitative estimate of drug-likeness (QED) is 0.0386. The molecule has 2 aromatic carbocycles.